The van der Waals surface area contributed by atoms with Gasteiger partial charge in [-0.2, -0.15) is 4.31 Å². The zero-order valence-electron chi connectivity index (χ0n) is 19.5. The first-order valence-corrected chi connectivity index (χ1v) is 13.9. The molecule has 2 aromatic carbocycles. The van der Waals surface area contributed by atoms with Crippen molar-refractivity contribution in [3.8, 4) is 0 Å². The Balaban J connectivity index is 1.98. The Hall–Kier alpha value is -1.77. The molecule has 0 unspecified atom stereocenters. The summed E-state index contributed by atoms with van der Waals surface area (Å²) in [6, 6.07) is 8.59. The van der Waals surface area contributed by atoms with Gasteiger partial charge in [-0.15, -0.1) is 0 Å². The third-order valence-electron chi connectivity index (χ3n) is 6.07. The van der Waals surface area contributed by atoms with Crippen LogP contribution in [-0.4, -0.2) is 39.5 Å². The lowest BCUT2D eigenvalue weighted by Crippen LogP contribution is -2.56. The molecule has 8 heteroatoms. The number of benzene rings is 2. The van der Waals surface area contributed by atoms with Crippen molar-refractivity contribution in [3.05, 3.63) is 58.9 Å². The maximum atomic E-state index is 13.7. The Morgan fingerprint density at radius 1 is 0.812 bits per heavy atom. The lowest BCUT2D eigenvalue weighted by molar-refractivity contribution is 0.309. The molecule has 1 heterocycles. The first kappa shape index (κ1) is 24.9. The minimum Gasteiger partial charge on any atom is -0.223 e. The summed E-state index contributed by atoms with van der Waals surface area (Å²) >= 11 is 0. The van der Waals surface area contributed by atoms with E-state index in [0.717, 1.165) is 28.8 Å². The molecule has 3 rings (SSSR count). The molecule has 176 valence electrons. The second-order valence-electron chi connectivity index (χ2n) is 9.44. The second kappa shape index (κ2) is 8.88. The molecule has 32 heavy (non-hydrogen) atoms. The topological polar surface area (TPSA) is 71.5 Å². The van der Waals surface area contributed by atoms with Crippen LogP contribution >= 0.6 is 0 Å². The first-order chi connectivity index (χ1) is 14.8. The average Bonchev–Trinajstić information content (AvgIpc) is 2.65. The summed E-state index contributed by atoms with van der Waals surface area (Å²) in [5, 5.41) is -0.845. The Kier molecular flexibility index (Phi) is 6.90. The number of nitrogens with zero attached hydrogens (tertiary/aromatic N) is 1. The molecule has 0 aromatic heterocycles. The van der Waals surface area contributed by atoms with Crippen LogP contribution in [0.2, 0.25) is 0 Å². The van der Waals surface area contributed by atoms with Crippen LogP contribution in [0.25, 0.3) is 0 Å². The Bertz CT molecular complexity index is 1170. The van der Waals surface area contributed by atoms with E-state index < -0.39 is 30.9 Å². The molecule has 1 fully saturated rings. The zero-order valence-corrected chi connectivity index (χ0v) is 21.1. The van der Waals surface area contributed by atoms with Gasteiger partial charge in [0.1, 0.15) is 5.82 Å². The van der Waals surface area contributed by atoms with Crippen LogP contribution in [0.5, 0.6) is 0 Å². The normalized spacial score (nSPS) is 16.2. The van der Waals surface area contributed by atoms with E-state index in [1.807, 2.05) is 39.8 Å². The van der Waals surface area contributed by atoms with Crippen LogP contribution in [0, 0.1) is 5.82 Å². The molecular formula is C24H32FNO4S2. The summed E-state index contributed by atoms with van der Waals surface area (Å²) in [4.78, 5) is 0.317. The van der Waals surface area contributed by atoms with Crippen LogP contribution in [0.1, 0.15) is 76.0 Å². The number of sulfonamides is 1. The van der Waals surface area contributed by atoms with E-state index in [1.54, 1.807) is 0 Å². The van der Waals surface area contributed by atoms with Crippen molar-refractivity contribution in [1.82, 2.24) is 4.31 Å². The minimum atomic E-state index is -3.87. The predicted molar refractivity (Wildman–Crippen MR) is 125 cm³/mol. The fraction of sp³-hybridized carbons (Fsp3) is 0.500. The van der Waals surface area contributed by atoms with Crippen molar-refractivity contribution in [2.45, 2.75) is 74.3 Å². The molecule has 1 saturated heterocycles. The van der Waals surface area contributed by atoms with E-state index in [0.29, 0.717) is 4.90 Å². The smallest absolute Gasteiger partial charge is 0.223 e. The highest BCUT2D eigenvalue weighted by molar-refractivity contribution is 7.92. The molecular weight excluding hydrogens is 449 g/mol. The maximum Gasteiger partial charge on any atom is 0.243 e. The molecule has 0 saturated carbocycles. The van der Waals surface area contributed by atoms with Gasteiger partial charge in [-0.25, -0.2) is 21.2 Å². The number of halogens is 1. The highest BCUT2D eigenvalue weighted by Gasteiger charge is 2.45. The van der Waals surface area contributed by atoms with E-state index in [9.17, 15) is 21.2 Å². The van der Waals surface area contributed by atoms with Crippen molar-refractivity contribution in [2.24, 2.45) is 0 Å². The van der Waals surface area contributed by atoms with Crippen LogP contribution in [0.15, 0.2) is 46.2 Å². The first-order valence-electron chi connectivity index (χ1n) is 10.9. The molecule has 0 bridgehead atoms. The second-order valence-corrected chi connectivity index (χ2v) is 13.5. The highest BCUT2D eigenvalue weighted by Crippen LogP contribution is 2.38. The van der Waals surface area contributed by atoms with Crippen molar-refractivity contribution >= 4 is 19.9 Å². The van der Waals surface area contributed by atoms with Crippen LogP contribution in [-0.2, 0) is 19.9 Å². The molecule has 5 nitrogen and oxygen atoms in total. The zero-order chi connectivity index (χ0) is 24.0. The van der Waals surface area contributed by atoms with Crippen molar-refractivity contribution in [2.75, 3.05) is 13.1 Å². The lowest BCUT2D eigenvalue weighted by atomic mass is 9.89. The summed E-state index contributed by atoms with van der Waals surface area (Å²) in [6.45, 7) is 11.8. The molecule has 0 radical (unpaired) electrons. The lowest BCUT2D eigenvalue weighted by Gasteiger charge is -2.38. The Labute approximate surface area is 191 Å². The minimum absolute atomic E-state index is 0.00371. The fourth-order valence-corrected chi connectivity index (χ4v) is 7.96. The summed E-state index contributed by atoms with van der Waals surface area (Å²) in [5.41, 5.74) is 2.63. The number of hydrogen-bond donors (Lipinski definition) is 0. The largest absolute Gasteiger partial charge is 0.243 e. The molecule has 0 N–H and O–H groups in total. The Morgan fingerprint density at radius 2 is 1.28 bits per heavy atom. The quantitative estimate of drug-likeness (QED) is 0.519. The number of rotatable bonds is 7. The van der Waals surface area contributed by atoms with Gasteiger partial charge in [0.25, 0.3) is 0 Å². The monoisotopic (exact) mass is 481 g/mol. The van der Waals surface area contributed by atoms with Gasteiger partial charge in [0.15, 0.2) is 9.84 Å². The third-order valence-corrected chi connectivity index (χ3v) is 10.1. The average molecular weight is 482 g/mol. The summed E-state index contributed by atoms with van der Waals surface area (Å²) in [6.07, 6.45) is 0. The maximum absolute atomic E-state index is 13.7. The summed E-state index contributed by atoms with van der Waals surface area (Å²) < 4.78 is 67.5. The summed E-state index contributed by atoms with van der Waals surface area (Å²) in [5.74, 6) is -0.267. The van der Waals surface area contributed by atoms with E-state index in [-0.39, 0.29) is 35.7 Å². The van der Waals surface area contributed by atoms with E-state index >= 15 is 0 Å². The molecule has 0 spiro atoms. The van der Waals surface area contributed by atoms with Crippen LogP contribution < -0.4 is 0 Å². The SMILES string of the molecule is CC(C)c1cc(C(C)C)c(S(=O)(=O)N2CC(S(=O)(=O)c3ccc(F)cc3)C2)c(C(C)C)c1. The summed E-state index contributed by atoms with van der Waals surface area (Å²) in [7, 11) is -7.61. The molecule has 1 aliphatic rings. The third kappa shape index (κ3) is 4.50. The van der Waals surface area contributed by atoms with E-state index in [1.165, 1.54) is 16.4 Å². The highest BCUT2D eigenvalue weighted by atomic mass is 32.2. The van der Waals surface area contributed by atoms with Gasteiger partial charge >= 0.3 is 0 Å². The van der Waals surface area contributed by atoms with Gasteiger partial charge in [0.2, 0.25) is 10.0 Å². The van der Waals surface area contributed by atoms with Gasteiger partial charge < -0.3 is 0 Å². The molecule has 0 aliphatic carbocycles. The van der Waals surface area contributed by atoms with Gasteiger partial charge in [-0.05, 0) is 58.7 Å². The standard InChI is InChI=1S/C24H32FNO4S2/c1-15(2)18-11-22(16(3)4)24(23(12-18)17(5)6)32(29,30)26-13-21(14-26)31(27,28)20-9-7-19(25)8-10-20/h7-12,15-17,21H,13-14H2,1-6H3. The van der Waals surface area contributed by atoms with Gasteiger partial charge in [-0.3, -0.25) is 0 Å². The van der Waals surface area contributed by atoms with Gasteiger partial charge in [0, 0.05) is 13.1 Å². The van der Waals surface area contributed by atoms with Crippen LogP contribution in [0.3, 0.4) is 0 Å². The van der Waals surface area contributed by atoms with Gasteiger partial charge in [0.05, 0.1) is 15.0 Å². The van der Waals surface area contributed by atoms with Crippen LogP contribution in [0.4, 0.5) is 4.39 Å². The Morgan fingerprint density at radius 3 is 1.69 bits per heavy atom. The molecule has 1 aliphatic heterocycles. The molecule has 2 aromatic rings. The number of sulfone groups is 1. The fourth-order valence-electron chi connectivity index (χ4n) is 3.93. The van der Waals surface area contributed by atoms with Gasteiger partial charge in [-0.1, -0.05) is 53.7 Å². The predicted octanol–water partition coefficient (Wildman–Crippen LogP) is 5.04. The molecule has 0 atom stereocenters. The van der Waals surface area contributed by atoms with Crippen molar-refractivity contribution in [1.29, 1.82) is 0 Å². The van der Waals surface area contributed by atoms with E-state index in [4.69, 9.17) is 0 Å². The number of hydrogen-bond acceptors (Lipinski definition) is 4. The molecule has 0 amide bonds. The van der Waals surface area contributed by atoms with Crippen molar-refractivity contribution < 1.29 is 21.2 Å². The van der Waals surface area contributed by atoms with Crippen molar-refractivity contribution in [3.63, 3.8) is 0 Å². The van der Waals surface area contributed by atoms with E-state index in [2.05, 4.69) is 13.8 Å².